The predicted molar refractivity (Wildman–Crippen MR) is 102 cm³/mol. The van der Waals surface area contributed by atoms with Crippen LogP contribution in [-0.2, 0) is 10.5 Å². The Balaban J connectivity index is 1.39. The number of benzene rings is 2. The lowest BCUT2D eigenvalue weighted by atomic mass is 10.1. The van der Waals surface area contributed by atoms with Crippen molar-refractivity contribution in [3.8, 4) is 0 Å². The van der Waals surface area contributed by atoms with E-state index in [2.05, 4.69) is 4.90 Å². The second-order valence-electron chi connectivity index (χ2n) is 7.37. The highest BCUT2D eigenvalue weighted by Crippen LogP contribution is 2.56. The minimum absolute atomic E-state index is 0.149. The quantitative estimate of drug-likeness (QED) is 0.779. The number of carbonyl (C=O) groups excluding carboxylic acids is 1. The summed E-state index contributed by atoms with van der Waals surface area (Å²) in [4.78, 5) is 16.7. The molecule has 1 aliphatic heterocycles. The summed E-state index contributed by atoms with van der Waals surface area (Å²) in [5.74, 6) is -1.22. The van der Waals surface area contributed by atoms with E-state index in [1.807, 2.05) is 25.1 Å². The fourth-order valence-corrected chi connectivity index (χ4v) is 4.04. The first-order chi connectivity index (χ1) is 12.9. The van der Waals surface area contributed by atoms with Crippen LogP contribution < -0.4 is 4.90 Å². The van der Waals surface area contributed by atoms with Gasteiger partial charge >= 0.3 is 0 Å². The van der Waals surface area contributed by atoms with Crippen molar-refractivity contribution in [1.82, 2.24) is 4.90 Å². The first-order valence-electron chi connectivity index (χ1n) is 9.13. The molecule has 0 aromatic heterocycles. The lowest BCUT2D eigenvalue weighted by Gasteiger charge is -2.37. The van der Waals surface area contributed by atoms with Gasteiger partial charge in [-0.15, -0.1) is 0 Å². The molecule has 2 aliphatic rings. The molecule has 1 amide bonds. The van der Waals surface area contributed by atoms with E-state index < -0.39 is 17.4 Å². The van der Waals surface area contributed by atoms with Crippen LogP contribution in [0, 0.1) is 18.7 Å². The summed E-state index contributed by atoms with van der Waals surface area (Å²) in [6.07, 6.45) is 0.172. The lowest BCUT2D eigenvalue weighted by molar-refractivity contribution is -0.134. The van der Waals surface area contributed by atoms with E-state index in [0.717, 1.165) is 11.3 Å². The number of hydrogen-bond acceptors (Lipinski definition) is 2. The third kappa shape index (κ3) is 3.41. The van der Waals surface area contributed by atoms with Crippen molar-refractivity contribution < 1.29 is 13.6 Å². The number of hydrogen-bond donors (Lipinski definition) is 0. The van der Waals surface area contributed by atoms with Crippen LogP contribution >= 0.6 is 11.6 Å². The zero-order chi connectivity index (χ0) is 19.2. The van der Waals surface area contributed by atoms with Gasteiger partial charge in [0.1, 0.15) is 11.5 Å². The van der Waals surface area contributed by atoms with Gasteiger partial charge in [-0.25, -0.2) is 8.78 Å². The van der Waals surface area contributed by atoms with Crippen molar-refractivity contribution in [3.63, 3.8) is 0 Å². The number of carbonyl (C=O) groups is 1. The van der Waals surface area contributed by atoms with Crippen LogP contribution in [0.3, 0.4) is 0 Å². The van der Waals surface area contributed by atoms with Crippen LogP contribution in [0.15, 0.2) is 42.5 Å². The summed E-state index contributed by atoms with van der Waals surface area (Å²) >= 11 is 6.11. The molecular formula is C21H21ClF2N2O. The molecule has 1 aliphatic carbocycles. The van der Waals surface area contributed by atoms with Gasteiger partial charge < -0.3 is 9.80 Å². The first kappa shape index (κ1) is 18.2. The lowest BCUT2D eigenvalue weighted by Crippen LogP contribution is -2.49. The first-order valence-corrected chi connectivity index (χ1v) is 9.51. The van der Waals surface area contributed by atoms with Gasteiger partial charge in [-0.2, -0.15) is 0 Å². The summed E-state index contributed by atoms with van der Waals surface area (Å²) < 4.78 is 28.1. The number of amides is 1. The van der Waals surface area contributed by atoms with E-state index >= 15 is 4.39 Å². The van der Waals surface area contributed by atoms with Gasteiger partial charge in [-0.3, -0.25) is 4.79 Å². The minimum Gasteiger partial charge on any atom is -0.368 e. The molecule has 1 unspecified atom stereocenters. The number of rotatable bonds is 3. The zero-order valence-electron chi connectivity index (χ0n) is 15.1. The van der Waals surface area contributed by atoms with Crippen molar-refractivity contribution >= 4 is 23.2 Å². The molecule has 1 saturated heterocycles. The molecule has 1 saturated carbocycles. The zero-order valence-corrected chi connectivity index (χ0v) is 15.8. The predicted octanol–water partition coefficient (Wildman–Crippen LogP) is 4.32. The van der Waals surface area contributed by atoms with Gasteiger partial charge in [0, 0.05) is 43.3 Å². The highest BCUT2D eigenvalue weighted by Gasteiger charge is 2.61. The summed E-state index contributed by atoms with van der Waals surface area (Å²) in [5, 5.41) is 0.689. The average Bonchev–Trinajstić information content (AvgIpc) is 3.36. The summed E-state index contributed by atoms with van der Waals surface area (Å²) in [5.41, 5.74) is 0.939. The van der Waals surface area contributed by atoms with Crippen molar-refractivity contribution in [1.29, 1.82) is 0 Å². The summed E-state index contributed by atoms with van der Waals surface area (Å²) in [6, 6.07) is 11.1. The second kappa shape index (κ2) is 6.79. The molecule has 0 spiro atoms. The molecule has 4 rings (SSSR count). The highest BCUT2D eigenvalue weighted by molar-refractivity contribution is 6.30. The largest absolute Gasteiger partial charge is 0.368 e. The summed E-state index contributed by atoms with van der Waals surface area (Å²) in [7, 11) is 0. The molecule has 0 bridgehead atoms. The molecule has 2 atom stereocenters. The number of halogens is 3. The maximum atomic E-state index is 15.1. The number of anilines is 1. The average molecular weight is 391 g/mol. The molecule has 3 nitrogen and oxygen atoms in total. The molecule has 6 heteroatoms. The number of aryl methyl sites for hydroxylation is 1. The van der Waals surface area contributed by atoms with Gasteiger partial charge in [0.05, 0.1) is 5.92 Å². The van der Waals surface area contributed by atoms with Gasteiger partial charge in [0.15, 0.2) is 0 Å². The SMILES string of the molecule is Cc1ccc(Cl)cc1N1CCN(C(=O)[C@H]2CC2(F)c2ccc(F)cc2)CC1. The van der Waals surface area contributed by atoms with Crippen molar-refractivity contribution in [3.05, 3.63) is 64.4 Å². The standard InChI is InChI=1S/C21H21ClF2N2O/c1-14-2-5-16(22)12-19(14)25-8-10-26(11-9-25)20(27)18-13-21(18,24)15-3-6-17(23)7-4-15/h2-7,12,18H,8-11,13H2,1H3/t18-,21?/m1/s1. The molecule has 2 fully saturated rings. The fourth-order valence-electron chi connectivity index (χ4n) is 3.88. The Morgan fingerprint density at radius 1 is 1.11 bits per heavy atom. The van der Waals surface area contributed by atoms with Gasteiger partial charge in [0.2, 0.25) is 5.91 Å². The Hall–Kier alpha value is -2.14. The van der Waals surface area contributed by atoms with Gasteiger partial charge in [-0.1, -0.05) is 29.8 Å². The van der Waals surface area contributed by atoms with E-state index in [-0.39, 0.29) is 12.3 Å². The molecule has 0 radical (unpaired) electrons. The van der Waals surface area contributed by atoms with E-state index in [1.165, 1.54) is 24.3 Å². The molecule has 142 valence electrons. The van der Waals surface area contributed by atoms with Crippen LogP contribution in [0.25, 0.3) is 0 Å². The van der Waals surface area contributed by atoms with Gasteiger partial charge in [0.25, 0.3) is 0 Å². The third-order valence-electron chi connectivity index (χ3n) is 5.62. The monoisotopic (exact) mass is 390 g/mol. The van der Waals surface area contributed by atoms with Gasteiger partial charge in [-0.05, 0) is 42.3 Å². The van der Waals surface area contributed by atoms with Crippen molar-refractivity contribution in [2.45, 2.75) is 19.0 Å². The minimum atomic E-state index is -1.66. The Morgan fingerprint density at radius 3 is 2.44 bits per heavy atom. The van der Waals surface area contributed by atoms with Crippen LogP contribution in [0.5, 0.6) is 0 Å². The Morgan fingerprint density at radius 2 is 1.78 bits per heavy atom. The topological polar surface area (TPSA) is 23.6 Å². The highest BCUT2D eigenvalue weighted by atomic mass is 35.5. The smallest absolute Gasteiger partial charge is 0.229 e. The van der Waals surface area contributed by atoms with Crippen LogP contribution in [0.1, 0.15) is 17.5 Å². The Labute approximate surface area is 162 Å². The van der Waals surface area contributed by atoms with E-state index in [4.69, 9.17) is 11.6 Å². The van der Waals surface area contributed by atoms with Crippen LogP contribution in [-0.4, -0.2) is 37.0 Å². The number of piperazine rings is 1. The third-order valence-corrected chi connectivity index (χ3v) is 5.85. The van der Waals surface area contributed by atoms with E-state index in [1.54, 1.807) is 4.90 Å². The molecular weight excluding hydrogens is 370 g/mol. The molecule has 0 N–H and O–H groups in total. The van der Waals surface area contributed by atoms with Crippen LogP contribution in [0.2, 0.25) is 5.02 Å². The number of alkyl halides is 1. The second-order valence-corrected chi connectivity index (χ2v) is 7.81. The Bertz CT molecular complexity index is 865. The number of nitrogens with zero attached hydrogens (tertiary/aromatic N) is 2. The van der Waals surface area contributed by atoms with Crippen molar-refractivity contribution in [2.24, 2.45) is 5.92 Å². The van der Waals surface area contributed by atoms with E-state index in [9.17, 15) is 9.18 Å². The van der Waals surface area contributed by atoms with E-state index in [0.29, 0.717) is 36.8 Å². The molecule has 1 heterocycles. The molecule has 2 aromatic carbocycles. The summed E-state index contributed by atoms with van der Waals surface area (Å²) in [6.45, 7) is 4.53. The molecule has 2 aromatic rings. The normalized spacial score (nSPS) is 24.8. The molecule has 27 heavy (non-hydrogen) atoms. The fraction of sp³-hybridized carbons (Fsp3) is 0.381. The van der Waals surface area contributed by atoms with Crippen molar-refractivity contribution in [2.75, 3.05) is 31.1 Å². The maximum Gasteiger partial charge on any atom is 0.229 e. The van der Waals surface area contributed by atoms with Crippen LogP contribution in [0.4, 0.5) is 14.5 Å². The Kier molecular flexibility index (Phi) is 4.58. The maximum absolute atomic E-state index is 15.1.